The van der Waals surface area contributed by atoms with E-state index >= 15 is 0 Å². The first-order valence-corrected chi connectivity index (χ1v) is 11.9. The molecule has 0 spiro atoms. The molecule has 0 heterocycles. The number of hydrogen-bond donors (Lipinski definition) is 4. The predicted molar refractivity (Wildman–Crippen MR) is 123 cm³/mol. The monoisotopic (exact) mass is 426 g/mol. The Morgan fingerprint density at radius 1 is 0.767 bits per heavy atom. The second kappa shape index (κ2) is 19.5. The lowest BCUT2D eigenvalue weighted by atomic mass is 10.0. The number of rotatable bonds is 20. The van der Waals surface area contributed by atoms with Crippen LogP contribution < -0.4 is 21.3 Å². The molecular weight excluding hydrogens is 380 g/mol. The van der Waals surface area contributed by atoms with Crippen LogP contribution >= 0.6 is 0 Å². The maximum Gasteiger partial charge on any atom is 0.237 e. The average molecular weight is 427 g/mol. The highest BCUT2D eigenvalue weighted by atomic mass is 16.2. The molecular formula is C23H46N4O3. The van der Waals surface area contributed by atoms with Gasteiger partial charge in [-0.15, -0.1) is 0 Å². The van der Waals surface area contributed by atoms with Gasteiger partial charge >= 0.3 is 0 Å². The number of Topliss-reactive ketones (excluding diaryl/α,β-unsaturated/α-hetero) is 1. The molecule has 0 aromatic heterocycles. The summed E-state index contributed by atoms with van der Waals surface area (Å²) in [7, 11) is 1.91. The molecule has 0 saturated heterocycles. The van der Waals surface area contributed by atoms with Crippen LogP contribution in [0.3, 0.4) is 0 Å². The lowest BCUT2D eigenvalue weighted by molar-refractivity contribution is -0.128. The van der Waals surface area contributed by atoms with Gasteiger partial charge in [0, 0.05) is 13.0 Å². The van der Waals surface area contributed by atoms with Gasteiger partial charge < -0.3 is 21.3 Å². The Morgan fingerprint density at radius 3 is 2.03 bits per heavy atom. The quantitative estimate of drug-likeness (QED) is 0.224. The van der Waals surface area contributed by atoms with Crippen LogP contribution in [-0.4, -0.2) is 56.4 Å². The Bertz CT molecular complexity index is 471. The molecule has 0 radical (unpaired) electrons. The van der Waals surface area contributed by atoms with E-state index in [0.717, 1.165) is 64.5 Å². The smallest absolute Gasteiger partial charge is 0.237 e. The summed E-state index contributed by atoms with van der Waals surface area (Å²) in [4.78, 5) is 36.5. The van der Waals surface area contributed by atoms with Crippen molar-refractivity contribution < 1.29 is 14.4 Å². The zero-order valence-electron chi connectivity index (χ0n) is 19.8. The van der Waals surface area contributed by atoms with E-state index in [1.54, 1.807) is 6.92 Å². The number of unbranched alkanes of at least 4 members (excludes halogenated alkanes) is 4. The summed E-state index contributed by atoms with van der Waals surface area (Å²) in [5, 5.41) is 12.3. The third kappa shape index (κ3) is 15.4. The number of nitrogens with one attached hydrogen (secondary N) is 4. The average Bonchev–Trinajstić information content (AvgIpc) is 2.72. The first kappa shape index (κ1) is 28.5. The Labute approximate surface area is 183 Å². The van der Waals surface area contributed by atoms with E-state index in [9.17, 15) is 14.4 Å². The third-order valence-corrected chi connectivity index (χ3v) is 5.18. The molecule has 4 N–H and O–H groups in total. The molecule has 2 atom stereocenters. The molecule has 0 aromatic rings. The maximum absolute atomic E-state index is 12.8. The van der Waals surface area contributed by atoms with Crippen LogP contribution in [0.5, 0.6) is 0 Å². The summed E-state index contributed by atoms with van der Waals surface area (Å²) in [6.45, 7) is 8.05. The lowest BCUT2D eigenvalue weighted by Crippen LogP contribution is -2.50. The number of carbonyl (C=O) groups is 3. The number of carbonyl (C=O) groups excluding carboxylic acids is 3. The van der Waals surface area contributed by atoms with E-state index in [1.165, 1.54) is 0 Å². The zero-order valence-corrected chi connectivity index (χ0v) is 19.8. The van der Waals surface area contributed by atoms with Crippen molar-refractivity contribution in [3.05, 3.63) is 0 Å². The molecule has 0 aromatic carbocycles. The van der Waals surface area contributed by atoms with Crippen molar-refractivity contribution in [1.82, 2.24) is 21.3 Å². The minimum absolute atomic E-state index is 0.00725. The zero-order chi connectivity index (χ0) is 22.6. The van der Waals surface area contributed by atoms with Gasteiger partial charge in [0.25, 0.3) is 0 Å². The van der Waals surface area contributed by atoms with Gasteiger partial charge in [0.05, 0.1) is 12.1 Å². The number of hydrogen-bond acceptors (Lipinski definition) is 5. The van der Waals surface area contributed by atoms with Crippen molar-refractivity contribution in [2.45, 2.75) is 103 Å². The van der Waals surface area contributed by atoms with Crippen LogP contribution in [0.25, 0.3) is 0 Å². The minimum atomic E-state index is -0.414. The van der Waals surface area contributed by atoms with Crippen LogP contribution in [0.1, 0.15) is 91.4 Å². The van der Waals surface area contributed by atoms with Gasteiger partial charge in [0.15, 0.2) is 5.78 Å². The highest BCUT2D eigenvalue weighted by Gasteiger charge is 2.22. The van der Waals surface area contributed by atoms with E-state index in [0.29, 0.717) is 25.8 Å². The molecule has 0 aliphatic heterocycles. The molecule has 0 aliphatic rings. The molecule has 7 heteroatoms. The van der Waals surface area contributed by atoms with Gasteiger partial charge in [0.2, 0.25) is 11.8 Å². The molecule has 2 unspecified atom stereocenters. The van der Waals surface area contributed by atoms with E-state index in [1.807, 2.05) is 7.05 Å². The summed E-state index contributed by atoms with van der Waals surface area (Å²) in [6.07, 6.45) is 9.62. The topological polar surface area (TPSA) is 99.3 Å². The first-order chi connectivity index (χ1) is 14.5. The molecule has 2 amide bonds. The molecule has 0 rings (SSSR count). The fourth-order valence-corrected chi connectivity index (χ4v) is 3.27. The summed E-state index contributed by atoms with van der Waals surface area (Å²) < 4.78 is 0. The molecule has 7 nitrogen and oxygen atoms in total. The van der Waals surface area contributed by atoms with Crippen molar-refractivity contribution in [3.8, 4) is 0 Å². The first-order valence-electron chi connectivity index (χ1n) is 11.9. The molecule has 176 valence electrons. The standard InChI is InChI=1S/C23H46N4O3/c1-5-7-8-15-22(29)26-18-12-10-14-21(25-16-6-2)23(30)27-20(19(3)28)13-9-11-17-24-4/h20-21,24-25H,5-18H2,1-4H3,(H,26,29)(H,27,30). The minimum Gasteiger partial charge on any atom is -0.356 e. The highest BCUT2D eigenvalue weighted by Crippen LogP contribution is 2.06. The second-order valence-electron chi connectivity index (χ2n) is 8.08. The SMILES string of the molecule is CCCCCC(=O)NCCCCC(NCCC)C(=O)NC(CCCCNC)C(C)=O. The van der Waals surface area contributed by atoms with Gasteiger partial charge in [-0.25, -0.2) is 0 Å². The van der Waals surface area contributed by atoms with Gasteiger partial charge in [-0.05, 0) is 78.4 Å². The van der Waals surface area contributed by atoms with Crippen molar-refractivity contribution in [2.24, 2.45) is 0 Å². The van der Waals surface area contributed by atoms with Crippen LogP contribution in [0.4, 0.5) is 0 Å². The van der Waals surface area contributed by atoms with E-state index in [-0.39, 0.29) is 23.6 Å². The largest absolute Gasteiger partial charge is 0.356 e. The normalized spacial score (nSPS) is 12.9. The van der Waals surface area contributed by atoms with Gasteiger partial charge in [-0.1, -0.05) is 26.7 Å². The Kier molecular flexibility index (Phi) is 18.5. The molecule has 0 aliphatic carbocycles. The second-order valence-corrected chi connectivity index (χ2v) is 8.08. The summed E-state index contributed by atoms with van der Waals surface area (Å²) >= 11 is 0. The van der Waals surface area contributed by atoms with Crippen molar-refractivity contribution in [2.75, 3.05) is 26.7 Å². The Morgan fingerprint density at radius 2 is 1.43 bits per heavy atom. The summed E-state index contributed by atoms with van der Waals surface area (Å²) in [6, 6.07) is -0.716. The molecule has 0 saturated carbocycles. The maximum atomic E-state index is 12.8. The number of amides is 2. The van der Waals surface area contributed by atoms with Crippen LogP contribution in [-0.2, 0) is 14.4 Å². The molecule has 0 fully saturated rings. The van der Waals surface area contributed by atoms with Gasteiger partial charge in [-0.3, -0.25) is 14.4 Å². The third-order valence-electron chi connectivity index (χ3n) is 5.18. The van der Waals surface area contributed by atoms with E-state index < -0.39 is 6.04 Å². The highest BCUT2D eigenvalue weighted by molar-refractivity contribution is 5.89. The van der Waals surface area contributed by atoms with Crippen molar-refractivity contribution in [1.29, 1.82) is 0 Å². The lowest BCUT2D eigenvalue weighted by Gasteiger charge is -2.22. The Hall–Kier alpha value is -1.47. The van der Waals surface area contributed by atoms with E-state index in [2.05, 4.69) is 35.1 Å². The van der Waals surface area contributed by atoms with Crippen molar-refractivity contribution in [3.63, 3.8) is 0 Å². The molecule has 30 heavy (non-hydrogen) atoms. The van der Waals surface area contributed by atoms with Crippen LogP contribution in [0.2, 0.25) is 0 Å². The summed E-state index contributed by atoms with van der Waals surface area (Å²) in [5.41, 5.74) is 0. The fourth-order valence-electron chi connectivity index (χ4n) is 3.27. The van der Waals surface area contributed by atoms with Gasteiger partial charge in [-0.2, -0.15) is 0 Å². The molecule has 0 bridgehead atoms. The number of ketones is 1. The predicted octanol–water partition coefficient (Wildman–Crippen LogP) is 2.68. The van der Waals surface area contributed by atoms with E-state index in [4.69, 9.17) is 0 Å². The van der Waals surface area contributed by atoms with Crippen LogP contribution in [0, 0.1) is 0 Å². The van der Waals surface area contributed by atoms with Crippen molar-refractivity contribution >= 4 is 17.6 Å². The fraction of sp³-hybridized carbons (Fsp3) is 0.870. The summed E-state index contributed by atoms with van der Waals surface area (Å²) in [5.74, 6) is 0.0260. The van der Waals surface area contributed by atoms with Gasteiger partial charge in [0.1, 0.15) is 0 Å². The van der Waals surface area contributed by atoms with Crippen LogP contribution in [0.15, 0.2) is 0 Å². The Balaban J connectivity index is 4.37.